The van der Waals surface area contributed by atoms with Gasteiger partial charge in [-0.3, -0.25) is 0 Å². The third kappa shape index (κ3) is 3.96. The zero-order valence-electron chi connectivity index (χ0n) is 11.5. The first-order valence-corrected chi connectivity index (χ1v) is 7.01. The van der Waals surface area contributed by atoms with Gasteiger partial charge in [-0.15, -0.1) is 0 Å². The summed E-state index contributed by atoms with van der Waals surface area (Å²) in [5, 5.41) is 3.38. The molecule has 5 heteroatoms. The number of ether oxygens (including phenoxy) is 1. The Morgan fingerprint density at radius 3 is 2.75 bits per heavy atom. The topological polar surface area (TPSA) is 21.3 Å². The van der Waals surface area contributed by atoms with Crippen LogP contribution in [0.5, 0.6) is 0 Å². The Kier molecular flexibility index (Phi) is 5.05. The van der Waals surface area contributed by atoms with Crippen molar-refractivity contribution in [3.05, 3.63) is 35.4 Å². The Balaban J connectivity index is 1.98. The second-order valence-electron chi connectivity index (χ2n) is 5.11. The number of nitrogens with one attached hydrogen (secondary N) is 1. The van der Waals surface area contributed by atoms with Crippen LogP contribution in [0.2, 0.25) is 0 Å². The van der Waals surface area contributed by atoms with Crippen LogP contribution in [0.25, 0.3) is 0 Å². The van der Waals surface area contributed by atoms with E-state index in [9.17, 15) is 13.2 Å². The van der Waals surface area contributed by atoms with E-state index in [1.54, 1.807) is 0 Å². The molecule has 2 rings (SSSR count). The van der Waals surface area contributed by atoms with Crippen LogP contribution >= 0.6 is 0 Å². The largest absolute Gasteiger partial charge is 0.391 e. The zero-order valence-corrected chi connectivity index (χ0v) is 11.5. The number of rotatable bonds is 6. The molecule has 112 valence electrons. The molecule has 0 spiro atoms. The normalized spacial score (nSPS) is 22.0. The molecule has 1 aliphatic carbocycles. The SMILES string of the molecule is CCCNC1c2ccccc2CC1OCCC(F)(F)F. The lowest BCUT2D eigenvalue weighted by atomic mass is 10.1. The maximum Gasteiger partial charge on any atom is 0.391 e. The van der Waals surface area contributed by atoms with E-state index in [-0.39, 0.29) is 18.8 Å². The van der Waals surface area contributed by atoms with Crippen LogP contribution in [0.1, 0.15) is 36.9 Å². The minimum atomic E-state index is -4.15. The zero-order chi connectivity index (χ0) is 14.6. The summed E-state index contributed by atoms with van der Waals surface area (Å²) in [6.45, 7) is 2.62. The van der Waals surface area contributed by atoms with Crippen molar-refractivity contribution in [1.82, 2.24) is 5.32 Å². The molecule has 2 unspecified atom stereocenters. The fourth-order valence-corrected chi connectivity index (χ4v) is 2.58. The summed E-state index contributed by atoms with van der Waals surface area (Å²) in [7, 11) is 0. The number of hydrogen-bond donors (Lipinski definition) is 1. The summed E-state index contributed by atoms with van der Waals surface area (Å²) >= 11 is 0. The van der Waals surface area contributed by atoms with Gasteiger partial charge >= 0.3 is 6.18 Å². The van der Waals surface area contributed by atoms with Crippen LogP contribution in [0.3, 0.4) is 0 Å². The van der Waals surface area contributed by atoms with Gasteiger partial charge in [0.05, 0.1) is 25.2 Å². The minimum absolute atomic E-state index is 0.000571. The van der Waals surface area contributed by atoms with E-state index in [0.29, 0.717) is 6.42 Å². The Bertz CT molecular complexity index is 433. The van der Waals surface area contributed by atoms with E-state index in [1.165, 1.54) is 0 Å². The molecule has 0 saturated heterocycles. The molecule has 0 aromatic heterocycles. The van der Waals surface area contributed by atoms with Crippen molar-refractivity contribution >= 4 is 0 Å². The van der Waals surface area contributed by atoms with Crippen molar-refractivity contribution < 1.29 is 17.9 Å². The molecule has 1 N–H and O–H groups in total. The quantitative estimate of drug-likeness (QED) is 0.863. The van der Waals surface area contributed by atoms with Gasteiger partial charge in [0.15, 0.2) is 0 Å². The number of benzene rings is 1. The van der Waals surface area contributed by atoms with Crippen molar-refractivity contribution in [3.8, 4) is 0 Å². The van der Waals surface area contributed by atoms with Gasteiger partial charge in [0, 0.05) is 6.42 Å². The molecule has 1 aromatic carbocycles. The number of halogens is 3. The molecular formula is C15H20F3NO. The van der Waals surface area contributed by atoms with Gasteiger partial charge in [-0.1, -0.05) is 31.2 Å². The fourth-order valence-electron chi connectivity index (χ4n) is 2.58. The van der Waals surface area contributed by atoms with Crippen LogP contribution < -0.4 is 5.32 Å². The molecule has 1 aliphatic rings. The average Bonchev–Trinajstić information content (AvgIpc) is 2.72. The summed E-state index contributed by atoms with van der Waals surface area (Å²) in [6.07, 6.45) is -3.59. The molecule has 0 amide bonds. The molecule has 0 fully saturated rings. The fraction of sp³-hybridized carbons (Fsp3) is 0.600. The Morgan fingerprint density at radius 1 is 1.30 bits per heavy atom. The molecular weight excluding hydrogens is 267 g/mol. The molecule has 0 heterocycles. The maximum absolute atomic E-state index is 12.2. The summed E-state index contributed by atoms with van der Waals surface area (Å²) in [6, 6.07) is 7.95. The highest BCUT2D eigenvalue weighted by Crippen LogP contribution is 2.33. The maximum atomic E-state index is 12.2. The van der Waals surface area contributed by atoms with Crippen molar-refractivity contribution in [3.63, 3.8) is 0 Å². The van der Waals surface area contributed by atoms with Gasteiger partial charge in [-0.05, 0) is 24.1 Å². The van der Waals surface area contributed by atoms with Crippen molar-refractivity contribution in [2.75, 3.05) is 13.2 Å². The van der Waals surface area contributed by atoms with E-state index in [0.717, 1.165) is 24.1 Å². The van der Waals surface area contributed by atoms with Crippen LogP contribution in [0, 0.1) is 0 Å². The lowest BCUT2D eigenvalue weighted by Crippen LogP contribution is -2.32. The number of hydrogen-bond acceptors (Lipinski definition) is 2. The molecule has 2 atom stereocenters. The highest BCUT2D eigenvalue weighted by atomic mass is 19.4. The number of fused-ring (bicyclic) bond motifs is 1. The first kappa shape index (κ1) is 15.3. The highest BCUT2D eigenvalue weighted by molar-refractivity contribution is 5.36. The standard InChI is InChI=1S/C15H20F3NO/c1-2-8-19-14-12-6-4-3-5-11(12)10-13(14)20-9-7-15(16,17)18/h3-6,13-14,19H,2,7-10H2,1H3. The Hall–Kier alpha value is -1.07. The predicted molar refractivity (Wildman–Crippen MR) is 71.6 cm³/mol. The van der Waals surface area contributed by atoms with Gasteiger partial charge in [0.25, 0.3) is 0 Å². The monoisotopic (exact) mass is 287 g/mol. The van der Waals surface area contributed by atoms with E-state index in [4.69, 9.17) is 4.74 Å². The van der Waals surface area contributed by atoms with Crippen LogP contribution in [-0.2, 0) is 11.2 Å². The molecule has 0 bridgehead atoms. The molecule has 20 heavy (non-hydrogen) atoms. The molecule has 0 aliphatic heterocycles. The van der Waals surface area contributed by atoms with Gasteiger partial charge < -0.3 is 10.1 Å². The van der Waals surface area contributed by atoms with E-state index < -0.39 is 12.6 Å². The van der Waals surface area contributed by atoms with E-state index >= 15 is 0 Å². The predicted octanol–water partition coefficient (Wildman–Crippen LogP) is 3.62. The van der Waals surface area contributed by atoms with Crippen molar-refractivity contribution in [1.29, 1.82) is 0 Å². The van der Waals surface area contributed by atoms with Crippen molar-refractivity contribution in [2.24, 2.45) is 0 Å². The van der Waals surface area contributed by atoms with Gasteiger partial charge in [-0.2, -0.15) is 13.2 Å². The van der Waals surface area contributed by atoms with Gasteiger partial charge in [-0.25, -0.2) is 0 Å². The summed E-state index contributed by atoms with van der Waals surface area (Å²) in [4.78, 5) is 0. The summed E-state index contributed by atoms with van der Waals surface area (Å²) < 4.78 is 42.1. The summed E-state index contributed by atoms with van der Waals surface area (Å²) in [5.41, 5.74) is 2.32. The first-order chi connectivity index (χ1) is 9.51. The smallest absolute Gasteiger partial charge is 0.376 e. The third-order valence-electron chi connectivity index (χ3n) is 3.51. The van der Waals surface area contributed by atoms with Crippen LogP contribution in [0.4, 0.5) is 13.2 Å². The van der Waals surface area contributed by atoms with Gasteiger partial charge in [0.1, 0.15) is 0 Å². The lowest BCUT2D eigenvalue weighted by Gasteiger charge is -2.22. The Morgan fingerprint density at radius 2 is 2.05 bits per heavy atom. The van der Waals surface area contributed by atoms with Crippen LogP contribution in [-0.4, -0.2) is 25.4 Å². The molecule has 1 aromatic rings. The number of alkyl halides is 3. The van der Waals surface area contributed by atoms with Crippen molar-refractivity contribution in [2.45, 2.75) is 44.5 Å². The molecule has 0 saturated carbocycles. The third-order valence-corrected chi connectivity index (χ3v) is 3.51. The molecule has 0 radical (unpaired) electrons. The minimum Gasteiger partial charge on any atom is -0.376 e. The average molecular weight is 287 g/mol. The van der Waals surface area contributed by atoms with Gasteiger partial charge in [0.2, 0.25) is 0 Å². The van der Waals surface area contributed by atoms with E-state index in [1.807, 2.05) is 24.3 Å². The summed E-state index contributed by atoms with van der Waals surface area (Å²) in [5.74, 6) is 0. The Labute approximate surface area is 117 Å². The second kappa shape index (κ2) is 6.59. The van der Waals surface area contributed by atoms with E-state index in [2.05, 4.69) is 12.2 Å². The lowest BCUT2D eigenvalue weighted by molar-refractivity contribution is -0.149. The molecule has 2 nitrogen and oxygen atoms in total. The first-order valence-electron chi connectivity index (χ1n) is 7.01. The highest BCUT2D eigenvalue weighted by Gasteiger charge is 2.34. The second-order valence-corrected chi connectivity index (χ2v) is 5.11. The van der Waals surface area contributed by atoms with Crippen LogP contribution in [0.15, 0.2) is 24.3 Å².